The minimum Gasteiger partial charge on any atom is -0.326 e. The number of benzene rings is 2. The molecular formula is C19H20N4O2S. The molecule has 6 nitrogen and oxygen atoms in total. The molecule has 2 aromatic rings. The molecule has 1 atom stereocenters. The van der Waals surface area contributed by atoms with E-state index in [9.17, 15) is 9.59 Å². The van der Waals surface area contributed by atoms with E-state index < -0.39 is 5.25 Å². The molecule has 0 radical (unpaired) electrons. The number of para-hydroxylation sites is 1. The summed E-state index contributed by atoms with van der Waals surface area (Å²) < 4.78 is 0. The lowest BCUT2D eigenvalue weighted by Gasteiger charge is -2.10. The number of carbonyl (C=O) groups is 2. The van der Waals surface area contributed by atoms with Crippen molar-refractivity contribution in [2.45, 2.75) is 25.5 Å². The maximum Gasteiger partial charge on any atom is 0.240 e. The number of thioether (sulfide) groups is 1. The molecule has 2 amide bonds. The summed E-state index contributed by atoms with van der Waals surface area (Å²) in [6.07, 6.45) is 0.0914. The fourth-order valence-corrected chi connectivity index (χ4v) is 3.47. The van der Waals surface area contributed by atoms with Crippen LogP contribution in [0.15, 0.2) is 53.6 Å². The maximum atomic E-state index is 12.3. The Hall–Kier alpha value is -2.80. The Kier molecular flexibility index (Phi) is 5.58. The summed E-state index contributed by atoms with van der Waals surface area (Å²) in [5, 5.41) is 9.71. The van der Waals surface area contributed by atoms with Crippen LogP contribution in [0.3, 0.4) is 0 Å². The van der Waals surface area contributed by atoms with E-state index in [2.05, 4.69) is 21.2 Å². The summed E-state index contributed by atoms with van der Waals surface area (Å²) in [5.41, 5.74) is 6.61. The van der Waals surface area contributed by atoms with Crippen molar-refractivity contribution in [3.05, 3.63) is 59.7 Å². The molecule has 0 aliphatic carbocycles. The molecule has 1 aliphatic rings. The molecule has 0 spiro atoms. The molecule has 3 rings (SSSR count). The van der Waals surface area contributed by atoms with Crippen molar-refractivity contribution in [2.75, 3.05) is 10.7 Å². The third-order valence-corrected chi connectivity index (χ3v) is 4.95. The van der Waals surface area contributed by atoms with Crippen LogP contribution in [0, 0.1) is 13.8 Å². The first-order valence-corrected chi connectivity index (χ1v) is 9.12. The van der Waals surface area contributed by atoms with Gasteiger partial charge in [-0.2, -0.15) is 0 Å². The highest BCUT2D eigenvalue weighted by Crippen LogP contribution is 2.24. The number of nitrogens with zero attached hydrogens (tertiary/aromatic N) is 1. The van der Waals surface area contributed by atoms with Crippen molar-refractivity contribution in [1.82, 2.24) is 5.32 Å². The average Bonchev–Trinajstić information content (AvgIpc) is 2.96. The molecule has 3 N–H and O–H groups in total. The van der Waals surface area contributed by atoms with Crippen LogP contribution >= 0.6 is 11.8 Å². The lowest BCUT2D eigenvalue weighted by atomic mass is 10.1. The second-order valence-corrected chi connectivity index (χ2v) is 7.25. The van der Waals surface area contributed by atoms with Crippen LogP contribution in [-0.4, -0.2) is 22.2 Å². The average molecular weight is 368 g/mol. The lowest BCUT2D eigenvalue weighted by molar-refractivity contribution is -0.122. The van der Waals surface area contributed by atoms with E-state index in [4.69, 9.17) is 0 Å². The monoisotopic (exact) mass is 368 g/mol. The predicted molar refractivity (Wildman–Crippen MR) is 106 cm³/mol. The zero-order chi connectivity index (χ0) is 18.5. The van der Waals surface area contributed by atoms with Gasteiger partial charge in [0, 0.05) is 12.1 Å². The molecule has 1 saturated heterocycles. The highest BCUT2D eigenvalue weighted by molar-refractivity contribution is 8.15. The zero-order valence-electron chi connectivity index (χ0n) is 14.6. The number of anilines is 2. The normalized spacial score (nSPS) is 17.8. The molecule has 1 heterocycles. The van der Waals surface area contributed by atoms with Gasteiger partial charge in [0.2, 0.25) is 11.8 Å². The number of nitrogens with one attached hydrogen (secondary N) is 3. The Balaban J connectivity index is 1.56. The molecule has 2 aromatic carbocycles. The van der Waals surface area contributed by atoms with Gasteiger partial charge in [0.05, 0.1) is 5.69 Å². The SMILES string of the molecule is Cc1ccc(NC(=O)C[C@H]2S/C(=N/Nc3ccccc3)NC2=O)c(C)c1. The Morgan fingerprint density at radius 3 is 2.69 bits per heavy atom. The molecule has 0 aromatic heterocycles. The maximum absolute atomic E-state index is 12.3. The first-order valence-electron chi connectivity index (χ1n) is 8.24. The molecular weight excluding hydrogens is 348 g/mol. The summed E-state index contributed by atoms with van der Waals surface area (Å²) in [5.74, 6) is -0.402. The second kappa shape index (κ2) is 8.05. The van der Waals surface area contributed by atoms with Gasteiger partial charge in [-0.05, 0) is 37.6 Å². The minimum atomic E-state index is -0.489. The summed E-state index contributed by atoms with van der Waals surface area (Å²) in [4.78, 5) is 24.4. The van der Waals surface area contributed by atoms with Crippen LogP contribution in [0.25, 0.3) is 0 Å². The van der Waals surface area contributed by atoms with E-state index in [0.29, 0.717) is 5.17 Å². The third kappa shape index (κ3) is 4.64. The van der Waals surface area contributed by atoms with Crippen molar-refractivity contribution in [1.29, 1.82) is 0 Å². The summed E-state index contributed by atoms with van der Waals surface area (Å²) in [6, 6.07) is 15.3. The van der Waals surface area contributed by atoms with Gasteiger partial charge in [-0.1, -0.05) is 47.7 Å². The largest absolute Gasteiger partial charge is 0.326 e. The van der Waals surface area contributed by atoms with Crippen molar-refractivity contribution in [3.63, 3.8) is 0 Å². The smallest absolute Gasteiger partial charge is 0.240 e. The Morgan fingerprint density at radius 1 is 1.19 bits per heavy atom. The van der Waals surface area contributed by atoms with Gasteiger partial charge >= 0.3 is 0 Å². The van der Waals surface area contributed by atoms with Gasteiger partial charge in [0.25, 0.3) is 0 Å². The van der Waals surface area contributed by atoms with Crippen LogP contribution in [0.5, 0.6) is 0 Å². The van der Waals surface area contributed by atoms with E-state index in [1.54, 1.807) is 0 Å². The summed E-state index contributed by atoms with van der Waals surface area (Å²) in [6.45, 7) is 3.95. The van der Waals surface area contributed by atoms with Crippen LogP contribution in [0.2, 0.25) is 0 Å². The molecule has 1 fully saturated rings. The van der Waals surface area contributed by atoms with Gasteiger partial charge in [-0.25, -0.2) is 0 Å². The predicted octanol–water partition coefficient (Wildman–Crippen LogP) is 3.25. The van der Waals surface area contributed by atoms with E-state index >= 15 is 0 Å². The van der Waals surface area contributed by atoms with Crippen LogP contribution < -0.4 is 16.1 Å². The topological polar surface area (TPSA) is 82.6 Å². The van der Waals surface area contributed by atoms with Crippen molar-refractivity contribution in [2.24, 2.45) is 5.10 Å². The van der Waals surface area contributed by atoms with E-state index in [1.165, 1.54) is 11.8 Å². The van der Waals surface area contributed by atoms with E-state index in [0.717, 1.165) is 22.5 Å². The van der Waals surface area contributed by atoms with Crippen molar-refractivity contribution >= 4 is 40.1 Å². The van der Waals surface area contributed by atoms with Gasteiger partial charge in [-0.3, -0.25) is 15.0 Å². The fourth-order valence-electron chi connectivity index (χ4n) is 2.54. The van der Waals surface area contributed by atoms with Crippen molar-refractivity contribution in [3.8, 4) is 0 Å². The molecule has 0 unspecified atom stereocenters. The number of hydrogen-bond donors (Lipinski definition) is 3. The number of rotatable bonds is 5. The Morgan fingerprint density at radius 2 is 1.96 bits per heavy atom. The standard InChI is InChI=1S/C19H20N4O2S/c1-12-8-9-15(13(2)10-12)20-17(24)11-16-18(25)21-19(26-16)23-22-14-6-4-3-5-7-14/h3-10,16,22H,11H2,1-2H3,(H,20,24)(H,21,23,25)/t16-/m1/s1. The van der Waals surface area contributed by atoms with Gasteiger partial charge in [0.1, 0.15) is 5.25 Å². The van der Waals surface area contributed by atoms with E-state index in [1.807, 2.05) is 62.4 Å². The Bertz CT molecular complexity index is 852. The molecule has 0 saturated carbocycles. The van der Waals surface area contributed by atoms with Gasteiger partial charge in [0.15, 0.2) is 5.17 Å². The summed E-state index contributed by atoms with van der Waals surface area (Å²) >= 11 is 1.25. The van der Waals surface area contributed by atoms with Gasteiger partial charge in [-0.15, -0.1) is 5.10 Å². The molecule has 1 aliphatic heterocycles. The molecule has 7 heteroatoms. The van der Waals surface area contributed by atoms with Gasteiger partial charge < -0.3 is 10.6 Å². The molecule has 0 bridgehead atoms. The highest BCUT2D eigenvalue weighted by atomic mass is 32.2. The third-order valence-electron chi connectivity index (χ3n) is 3.86. The van der Waals surface area contributed by atoms with Crippen molar-refractivity contribution < 1.29 is 9.59 Å². The molecule has 26 heavy (non-hydrogen) atoms. The quantitative estimate of drug-likeness (QED) is 0.708. The first kappa shape index (κ1) is 18.0. The number of hydrogen-bond acceptors (Lipinski definition) is 5. The second-order valence-electron chi connectivity index (χ2n) is 6.06. The zero-order valence-corrected chi connectivity index (χ0v) is 15.4. The first-order chi connectivity index (χ1) is 12.5. The lowest BCUT2D eigenvalue weighted by Crippen LogP contribution is -2.28. The molecule has 134 valence electrons. The van der Waals surface area contributed by atoms with Crippen LogP contribution in [0.4, 0.5) is 11.4 Å². The number of aryl methyl sites for hydroxylation is 2. The van der Waals surface area contributed by atoms with E-state index in [-0.39, 0.29) is 18.2 Å². The van der Waals surface area contributed by atoms with Crippen LogP contribution in [0.1, 0.15) is 17.5 Å². The minimum absolute atomic E-state index is 0.0914. The number of carbonyl (C=O) groups excluding carboxylic acids is 2. The highest BCUT2D eigenvalue weighted by Gasteiger charge is 2.32. The fraction of sp³-hybridized carbons (Fsp3) is 0.211. The van der Waals surface area contributed by atoms with Crippen LogP contribution in [-0.2, 0) is 9.59 Å². The number of amidine groups is 1. The Labute approximate surface area is 156 Å². The number of amides is 2. The number of hydrazone groups is 1. The summed E-state index contributed by atoms with van der Waals surface area (Å²) in [7, 11) is 0.